The van der Waals surface area contributed by atoms with E-state index in [-0.39, 0.29) is 0 Å². The van der Waals surface area contributed by atoms with Crippen molar-refractivity contribution in [3.8, 4) is 0 Å². The van der Waals surface area contributed by atoms with Crippen LogP contribution in [-0.2, 0) is 10.0 Å². The molecular formula is C4H5F6NO3S. The Hall–Kier alpha value is -0.550. The summed E-state index contributed by atoms with van der Waals surface area (Å²) in [6.45, 7) is -1.79. The van der Waals surface area contributed by atoms with Crippen molar-refractivity contribution < 1.29 is 39.9 Å². The summed E-state index contributed by atoms with van der Waals surface area (Å²) in [5.41, 5.74) is -5.71. The molecule has 4 nitrogen and oxygen atoms in total. The number of hydrogen-bond acceptors (Lipinski definition) is 3. The van der Waals surface area contributed by atoms with E-state index in [4.69, 9.17) is 5.11 Å². The van der Waals surface area contributed by atoms with Gasteiger partial charge in [-0.3, -0.25) is 0 Å². The van der Waals surface area contributed by atoms with Gasteiger partial charge in [0.25, 0.3) is 0 Å². The first-order valence-electron chi connectivity index (χ1n) is 3.18. The monoisotopic (exact) mass is 261 g/mol. The van der Waals surface area contributed by atoms with Crippen molar-refractivity contribution in [2.75, 3.05) is 6.54 Å². The second kappa shape index (κ2) is 4.14. The fourth-order valence-electron chi connectivity index (χ4n) is 0.386. The van der Waals surface area contributed by atoms with E-state index in [1.165, 1.54) is 0 Å². The third kappa shape index (κ3) is 4.22. The number of nitrogens with one attached hydrogen (secondary N) is 1. The largest absolute Gasteiger partial charge is 0.511 e. The Morgan fingerprint density at radius 1 is 1.13 bits per heavy atom. The summed E-state index contributed by atoms with van der Waals surface area (Å²) < 4.78 is 90.3. The van der Waals surface area contributed by atoms with Crippen LogP contribution in [0.25, 0.3) is 0 Å². The highest BCUT2D eigenvalue weighted by molar-refractivity contribution is 7.90. The van der Waals surface area contributed by atoms with Crippen LogP contribution in [0.2, 0.25) is 0 Å². The molecule has 2 N–H and O–H groups in total. The lowest BCUT2D eigenvalue weighted by Crippen LogP contribution is -2.44. The molecule has 0 heterocycles. The van der Waals surface area contributed by atoms with Crippen molar-refractivity contribution in [2.45, 2.75) is 17.8 Å². The van der Waals surface area contributed by atoms with E-state index in [1.807, 2.05) is 0 Å². The predicted molar refractivity (Wildman–Crippen MR) is 35.0 cm³/mol. The van der Waals surface area contributed by atoms with E-state index >= 15 is 0 Å². The maximum Gasteiger partial charge on any atom is 0.511 e. The minimum atomic E-state index is -5.86. The Morgan fingerprint density at radius 3 is 1.80 bits per heavy atom. The third-order valence-electron chi connectivity index (χ3n) is 1.15. The molecule has 0 fully saturated rings. The van der Waals surface area contributed by atoms with Gasteiger partial charge in [0.15, 0.2) is 6.10 Å². The summed E-state index contributed by atoms with van der Waals surface area (Å²) >= 11 is 0. The summed E-state index contributed by atoms with van der Waals surface area (Å²) in [4.78, 5) is 0. The van der Waals surface area contributed by atoms with Crippen molar-refractivity contribution >= 4 is 10.0 Å². The molecule has 0 bridgehead atoms. The number of halogens is 6. The van der Waals surface area contributed by atoms with Crippen molar-refractivity contribution in [3.63, 3.8) is 0 Å². The van der Waals surface area contributed by atoms with Gasteiger partial charge in [-0.1, -0.05) is 0 Å². The minimum absolute atomic E-state index is 0.582. The molecule has 0 spiro atoms. The number of rotatable bonds is 3. The van der Waals surface area contributed by atoms with E-state index < -0.39 is 34.4 Å². The molecule has 0 amide bonds. The average Bonchev–Trinajstić information content (AvgIpc) is 1.96. The van der Waals surface area contributed by atoms with Gasteiger partial charge in [-0.2, -0.15) is 26.3 Å². The summed E-state index contributed by atoms with van der Waals surface area (Å²) in [6.07, 6.45) is -8.37. The molecule has 0 radical (unpaired) electrons. The van der Waals surface area contributed by atoms with Gasteiger partial charge in [-0.05, 0) is 0 Å². The predicted octanol–water partition coefficient (Wildman–Crippen LogP) is 0.349. The molecule has 0 aromatic rings. The Morgan fingerprint density at radius 2 is 1.53 bits per heavy atom. The van der Waals surface area contributed by atoms with Gasteiger partial charge in [0.1, 0.15) is 0 Å². The molecule has 92 valence electrons. The SMILES string of the molecule is O=S(=O)(NCC(O)C(F)(F)F)C(F)(F)F. The van der Waals surface area contributed by atoms with Gasteiger partial charge < -0.3 is 5.11 Å². The zero-order valence-electron chi connectivity index (χ0n) is 6.72. The quantitative estimate of drug-likeness (QED) is 0.720. The Labute approximate surface area is 79.9 Å². The van der Waals surface area contributed by atoms with Gasteiger partial charge in [0.05, 0.1) is 0 Å². The van der Waals surface area contributed by atoms with E-state index in [0.717, 1.165) is 0 Å². The molecule has 0 rings (SSSR count). The third-order valence-corrected chi connectivity index (χ3v) is 2.31. The first-order chi connectivity index (χ1) is 6.38. The lowest BCUT2D eigenvalue weighted by atomic mass is 10.4. The van der Waals surface area contributed by atoms with Crippen LogP contribution in [0.1, 0.15) is 0 Å². The molecule has 0 aliphatic rings. The zero-order chi connectivity index (χ0) is 12.5. The number of aliphatic hydroxyl groups is 1. The highest BCUT2D eigenvalue weighted by Gasteiger charge is 2.47. The van der Waals surface area contributed by atoms with Gasteiger partial charge in [0, 0.05) is 6.54 Å². The van der Waals surface area contributed by atoms with Crippen LogP contribution in [0, 0.1) is 0 Å². The molecule has 1 unspecified atom stereocenters. The standard InChI is InChI=1S/C4H5F6NO3S/c5-3(6,7)2(12)1-11-15(13,14)4(8,9)10/h2,11-12H,1H2. The van der Waals surface area contributed by atoms with Crippen LogP contribution in [-0.4, -0.2) is 37.9 Å². The molecule has 0 saturated carbocycles. The molecule has 0 aromatic carbocycles. The Balaban J connectivity index is 4.43. The van der Waals surface area contributed by atoms with Crippen LogP contribution in [0.5, 0.6) is 0 Å². The van der Waals surface area contributed by atoms with E-state index in [9.17, 15) is 34.8 Å². The number of aliphatic hydroxyl groups excluding tert-OH is 1. The van der Waals surface area contributed by atoms with Gasteiger partial charge in [-0.25, -0.2) is 13.1 Å². The van der Waals surface area contributed by atoms with Gasteiger partial charge >= 0.3 is 21.7 Å². The minimum Gasteiger partial charge on any atom is -0.382 e. The molecule has 11 heteroatoms. The number of hydrogen-bond donors (Lipinski definition) is 2. The fraction of sp³-hybridized carbons (Fsp3) is 1.00. The van der Waals surface area contributed by atoms with Crippen LogP contribution in [0.4, 0.5) is 26.3 Å². The molecule has 0 aliphatic carbocycles. The summed E-state index contributed by atoms with van der Waals surface area (Å²) in [5.74, 6) is 0. The molecule has 1 atom stereocenters. The van der Waals surface area contributed by atoms with Crippen LogP contribution in [0.15, 0.2) is 0 Å². The lowest BCUT2D eigenvalue weighted by molar-refractivity contribution is -0.200. The summed E-state index contributed by atoms with van der Waals surface area (Å²) in [7, 11) is -5.86. The van der Waals surface area contributed by atoms with Crippen molar-refractivity contribution in [3.05, 3.63) is 0 Å². The summed E-state index contributed by atoms with van der Waals surface area (Å²) in [6, 6.07) is 0. The molecular weight excluding hydrogens is 256 g/mol. The highest BCUT2D eigenvalue weighted by Crippen LogP contribution is 2.23. The first kappa shape index (κ1) is 14.5. The van der Waals surface area contributed by atoms with E-state index in [0.29, 0.717) is 4.72 Å². The molecule has 0 aliphatic heterocycles. The number of sulfonamides is 1. The van der Waals surface area contributed by atoms with Gasteiger partial charge in [0.2, 0.25) is 0 Å². The van der Waals surface area contributed by atoms with Gasteiger partial charge in [-0.15, -0.1) is 0 Å². The molecule has 15 heavy (non-hydrogen) atoms. The molecule has 0 aromatic heterocycles. The van der Waals surface area contributed by atoms with E-state index in [2.05, 4.69) is 0 Å². The maximum absolute atomic E-state index is 11.6. The first-order valence-corrected chi connectivity index (χ1v) is 4.67. The smallest absolute Gasteiger partial charge is 0.382 e. The summed E-state index contributed by atoms with van der Waals surface area (Å²) in [5, 5.41) is 8.20. The fourth-order valence-corrected chi connectivity index (χ4v) is 0.927. The Bertz CT molecular complexity index is 305. The van der Waals surface area contributed by atoms with E-state index in [1.54, 1.807) is 0 Å². The van der Waals surface area contributed by atoms with Crippen LogP contribution in [0.3, 0.4) is 0 Å². The lowest BCUT2D eigenvalue weighted by Gasteiger charge is -2.15. The van der Waals surface area contributed by atoms with Crippen molar-refractivity contribution in [1.82, 2.24) is 4.72 Å². The maximum atomic E-state index is 11.6. The second-order valence-corrected chi connectivity index (χ2v) is 4.11. The second-order valence-electron chi connectivity index (χ2n) is 2.36. The number of alkyl halides is 6. The Kier molecular flexibility index (Phi) is 3.98. The van der Waals surface area contributed by atoms with Crippen LogP contribution >= 0.6 is 0 Å². The van der Waals surface area contributed by atoms with Crippen LogP contribution < -0.4 is 4.72 Å². The normalized spacial score (nSPS) is 16.5. The zero-order valence-corrected chi connectivity index (χ0v) is 7.54. The highest BCUT2D eigenvalue weighted by atomic mass is 32.2. The molecule has 0 saturated heterocycles. The average molecular weight is 261 g/mol. The van der Waals surface area contributed by atoms with Crippen molar-refractivity contribution in [2.24, 2.45) is 0 Å². The van der Waals surface area contributed by atoms with Crippen molar-refractivity contribution in [1.29, 1.82) is 0 Å². The topological polar surface area (TPSA) is 66.4 Å².